The predicted octanol–water partition coefficient (Wildman–Crippen LogP) is 3.53. The molecule has 0 heterocycles. The van der Waals surface area contributed by atoms with Crippen molar-refractivity contribution in [3.05, 3.63) is 38.8 Å². The number of esters is 1. The summed E-state index contributed by atoms with van der Waals surface area (Å²) in [5.41, 5.74) is 7.86. The Kier molecular flexibility index (Phi) is 5.84. The highest BCUT2D eigenvalue weighted by Gasteiger charge is 2.17. The number of nitrogens with one attached hydrogen (secondary N) is 1. The Hall–Kier alpha value is -0.850. The molecule has 0 saturated heterocycles. The number of carbonyl (C=O) groups is 1. The van der Waals surface area contributed by atoms with Crippen molar-refractivity contribution in [1.82, 2.24) is 5.32 Å². The molecule has 0 amide bonds. The lowest BCUT2D eigenvalue weighted by molar-refractivity contribution is -0.144. The monoisotopic (exact) mass is 416 g/mol. The number of halogens is 2. The molecule has 114 valence electrons. The van der Waals surface area contributed by atoms with E-state index in [1.165, 1.54) is 6.92 Å². The largest absolute Gasteiger partial charge is 0.458 e. The molecule has 6 heteroatoms. The van der Waals surface area contributed by atoms with Gasteiger partial charge in [0.05, 0.1) is 5.69 Å². The number of hydrogen-bond acceptors (Lipinski definition) is 4. The smallest absolute Gasteiger partial charge is 0.303 e. The van der Waals surface area contributed by atoms with Crippen molar-refractivity contribution >= 4 is 43.5 Å². The van der Waals surface area contributed by atoms with Crippen molar-refractivity contribution in [3.8, 4) is 0 Å². The Labute approximate surface area is 141 Å². The van der Waals surface area contributed by atoms with Gasteiger partial charge in [-0.05, 0) is 52.5 Å². The zero-order valence-electron chi connectivity index (χ0n) is 11.7. The number of hydrogen-bond donors (Lipinski definition) is 2. The number of anilines is 1. The summed E-state index contributed by atoms with van der Waals surface area (Å²) in [6, 6.07) is 4.22. The SMILES string of the molecule is CC(=O)O[C@H]1C=C[C@H](NCc2cc(Br)cc(Br)c2N)CC1. The summed E-state index contributed by atoms with van der Waals surface area (Å²) in [4.78, 5) is 10.9. The van der Waals surface area contributed by atoms with Crippen molar-refractivity contribution in [1.29, 1.82) is 0 Å². The zero-order chi connectivity index (χ0) is 15.4. The van der Waals surface area contributed by atoms with Gasteiger partial charge in [-0.1, -0.05) is 22.0 Å². The van der Waals surface area contributed by atoms with Gasteiger partial charge < -0.3 is 15.8 Å². The summed E-state index contributed by atoms with van der Waals surface area (Å²) >= 11 is 6.92. The minimum atomic E-state index is -0.234. The van der Waals surface area contributed by atoms with Crippen LogP contribution in [-0.4, -0.2) is 18.1 Å². The molecule has 0 unspecified atom stereocenters. The van der Waals surface area contributed by atoms with E-state index in [4.69, 9.17) is 10.5 Å². The molecule has 0 radical (unpaired) electrons. The lowest BCUT2D eigenvalue weighted by Gasteiger charge is -2.24. The molecule has 0 aliphatic heterocycles. The molecule has 0 saturated carbocycles. The van der Waals surface area contributed by atoms with Gasteiger partial charge in [-0.3, -0.25) is 4.79 Å². The average molecular weight is 418 g/mol. The highest BCUT2D eigenvalue weighted by Crippen LogP contribution is 2.28. The molecule has 0 bridgehead atoms. The van der Waals surface area contributed by atoms with Crippen molar-refractivity contribution in [3.63, 3.8) is 0 Å². The van der Waals surface area contributed by atoms with Gasteiger partial charge in [0.1, 0.15) is 6.10 Å². The Morgan fingerprint density at radius 1 is 1.38 bits per heavy atom. The lowest BCUT2D eigenvalue weighted by Crippen LogP contribution is -2.32. The number of ether oxygens (including phenoxy) is 1. The quantitative estimate of drug-likeness (QED) is 0.446. The minimum absolute atomic E-state index is 0.0920. The van der Waals surface area contributed by atoms with Crippen LogP contribution < -0.4 is 11.1 Å². The molecule has 0 aromatic heterocycles. The van der Waals surface area contributed by atoms with Crippen LogP contribution in [0.4, 0.5) is 5.69 Å². The second-order valence-corrected chi connectivity index (χ2v) is 6.83. The fraction of sp³-hybridized carbons (Fsp3) is 0.400. The number of carbonyl (C=O) groups excluding carboxylic acids is 1. The van der Waals surface area contributed by atoms with Crippen LogP contribution in [0.3, 0.4) is 0 Å². The molecule has 21 heavy (non-hydrogen) atoms. The number of nitrogens with two attached hydrogens (primary N) is 1. The second kappa shape index (κ2) is 7.42. The molecule has 1 aliphatic carbocycles. The van der Waals surface area contributed by atoms with Crippen LogP contribution in [0.15, 0.2) is 33.2 Å². The Morgan fingerprint density at radius 2 is 2.14 bits per heavy atom. The highest BCUT2D eigenvalue weighted by atomic mass is 79.9. The third-order valence-electron chi connectivity index (χ3n) is 3.37. The van der Waals surface area contributed by atoms with E-state index in [9.17, 15) is 4.79 Å². The fourth-order valence-corrected chi connectivity index (χ4v) is 3.61. The van der Waals surface area contributed by atoms with E-state index in [0.29, 0.717) is 6.54 Å². The lowest BCUT2D eigenvalue weighted by atomic mass is 10.00. The molecule has 1 aromatic rings. The molecule has 1 aromatic carbocycles. The van der Waals surface area contributed by atoms with E-state index in [0.717, 1.165) is 33.0 Å². The summed E-state index contributed by atoms with van der Waals surface area (Å²) in [5, 5.41) is 3.46. The summed E-state index contributed by atoms with van der Waals surface area (Å²) in [6.45, 7) is 2.13. The molecule has 1 aliphatic rings. The topological polar surface area (TPSA) is 64.3 Å². The minimum Gasteiger partial charge on any atom is -0.458 e. The van der Waals surface area contributed by atoms with E-state index >= 15 is 0 Å². The number of benzene rings is 1. The Bertz CT molecular complexity index is 561. The van der Waals surface area contributed by atoms with E-state index in [1.54, 1.807) is 0 Å². The molecule has 3 N–H and O–H groups in total. The van der Waals surface area contributed by atoms with Gasteiger partial charge in [0.2, 0.25) is 0 Å². The fourth-order valence-electron chi connectivity index (χ4n) is 2.30. The number of nitrogen functional groups attached to an aromatic ring is 1. The maximum absolute atomic E-state index is 10.9. The third-order valence-corrected chi connectivity index (χ3v) is 4.49. The van der Waals surface area contributed by atoms with Gasteiger partial charge in [-0.25, -0.2) is 0 Å². The van der Waals surface area contributed by atoms with Gasteiger partial charge in [0.15, 0.2) is 0 Å². The van der Waals surface area contributed by atoms with E-state index in [2.05, 4.69) is 43.3 Å². The summed E-state index contributed by atoms with van der Waals surface area (Å²) in [6.07, 6.45) is 5.68. The normalized spacial score (nSPS) is 21.3. The van der Waals surface area contributed by atoms with Crippen LogP contribution >= 0.6 is 31.9 Å². The van der Waals surface area contributed by atoms with Crippen molar-refractivity contribution < 1.29 is 9.53 Å². The van der Waals surface area contributed by atoms with Crippen molar-refractivity contribution in [2.75, 3.05) is 5.73 Å². The standard InChI is InChI=1S/C15H18Br2N2O2/c1-9(20)21-13-4-2-12(3-5-13)19-8-10-6-11(16)7-14(17)15(10)18/h2,4,6-7,12-13,19H,3,5,8,18H2,1H3/t12-,13-/m0/s1. The number of rotatable bonds is 4. The maximum Gasteiger partial charge on any atom is 0.303 e. The molecule has 0 spiro atoms. The molecule has 2 atom stereocenters. The van der Waals surface area contributed by atoms with Gasteiger partial charge in [0.25, 0.3) is 0 Å². The van der Waals surface area contributed by atoms with Crippen LogP contribution in [0, 0.1) is 0 Å². The van der Waals surface area contributed by atoms with E-state index in [-0.39, 0.29) is 18.1 Å². The van der Waals surface area contributed by atoms with Gasteiger partial charge >= 0.3 is 5.97 Å². The first-order chi connectivity index (χ1) is 9.95. The van der Waals surface area contributed by atoms with E-state index in [1.807, 2.05) is 18.2 Å². The second-order valence-electron chi connectivity index (χ2n) is 5.06. The van der Waals surface area contributed by atoms with Crippen LogP contribution in [0.2, 0.25) is 0 Å². The van der Waals surface area contributed by atoms with Crippen molar-refractivity contribution in [2.45, 2.75) is 38.5 Å². The average Bonchev–Trinajstić information content (AvgIpc) is 2.42. The maximum atomic E-state index is 10.9. The van der Waals surface area contributed by atoms with Crippen LogP contribution in [0.25, 0.3) is 0 Å². The predicted molar refractivity (Wildman–Crippen MR) is 90.8 cm³/mol. The molecule has 2 rings (SSSR count). The molecule has 4 nitrogen and oxygen atoms in total. The van der Waals surface area contributed by atoms with Crippen molar-refractivity contribution in [2.24, 2.45) is 0 Å². The molecular weight excluding hydrogens is 400 g/mol. The van der Waals surface area contributed by atoms with Crippen LogP contribution in [0.5, 0.6) is 0 Å². The zero-order valence-corrected chi connectivity index (χ0v) is 14.9. The van der Waals surface area contributed by atoms with Crippen LogP contribution in [0.1, 0.15) is 25.3 Å². The first-order valence-electron chi connectivity index (χ1n) is 6.78. The summed E-state index contributed by atoms with van der Waals surface area (Å²) in [7, 11) is 0. The summed E-state index contributed by atoms with van der Waals surface area (Å²) < 4.78 is 7.05. The molecular formula is C15H18Br2N2O2. The Morgan fingerprint density at radius 3 is 2.76 bits per heavy atom. The first kappa shape index (κ1) is 16.5. The van der Waals surface area contributed by atoms with E-state index < -0.39 is 0 Å². The van der Waals surface area contributed by atoms with Gasteiger partial charge in [0, 0.05) is 28.5 Å². The highest BCUT2D eigenvalue weighted by molar-refractivity contribution is 9.11. The molecule has 0 fully saturated rings. The Balaban J connectivity index is 1.92. The van der Waals surface area contributed by atoms with Gasteiger partial charge in [-0.2, -0.15) is 0 Å². The first-order valence-corrected chi connectivity index (χ1v) is 8.36. The van der Waals surface area contributed by atoms with Gasteiger partial charge in [-0.15, -0.1) is 0 Å². The third kappa shape index (κ3) is 4.83. The van der Waals surface area contributed by atoms with Crippen LogP contribution in [-0.2, 0) is 16.1 Å². The summed E-state index contributed by atoms with van der Waals surface area (Å²) in [5.74, 6) is -0.234.